The van der Waals surface area contributed by atoms with Crippen molar-refractivity contribution in [1.29, 1.82) is 0 Å². The lowest BCUT2D eigenvalue weighted by Gasteiger charge is -2.48. The Bertz CT molecular complexity index is 1710. The second-order valence-electron chi connectivity index (χ2n) is 22.1. The molecule has 0 aromatic heterocycles. The number of hydrogen-bond acceptors (Lipinski definition) is 18. The molecule has 0 saturated carbocycles. The van der Waals surface area contributed by atoms with Crippen LogP contribution in [0.15, 0.2) is 60.8 Å². The summed E-state index contributed by atoms with van der Waals surface area (Å²) in [6, 6.07) is -0.968. The number of nitrogens with one attached hydrogen (secondary N) is 1. The average molecular weight is 1160 g/mol. The van der Waals surface area contributed by atoms with E-state index in [1.807, 2.05) is 6.92 Å². The van der Waals surface area contributed by atoms with Crippen molar-refractivity contribution >= 4 is 5.91 Å². The number of unbranched alkanes of at least 4 members (excludes halogenated alkanes) is 21. The summed E-state index contributed by atoms with van der Waals surface area (Å²) in [4.78, 5) is 13.1. The van der Waals surface area contributed by atoms with Crippen molar-refractivity contribution in [3.05, 3.63) is 60.8 Å². The molecule has 0 aromatic rings. The van der Waals surface area contributed by atoms with Gasteiger partial charge in [0.05, 0.1) is 38.6 Å². The Morgan fingerprint density at radius 3 is 1.31 bits per heavy atom. The molecule has 3 aliphatic heterocycles. The first-order valence-electron chi connectivity index (χ1n) is 31.0. The molecule has 19 heteroatoms. The van der Waals surface area contributed by atoms with Crippen LogP contribution in [0.25, 0.3) is 0 Å². The van der Waals surface area contributed by atoms with Crippen molar-refractivity contribution in [3.63, 3.8) is 0 Å². The van der Waals surface area contributed by atoms with E-state index in [4.69, 9.17) is 28.4 Å². The highest BCUT2D eigenvalue weighted by Crippen LogP contribution is 2.33. The highest BCUT2D eigenvalue weighted by molar-refractivity contribution is 5.76. The molecule has 17 unspecified atom stereocenters. The van der Waals surface area contributed by atoms with Crippen LogP contribution in [0.4, 0.5) is 0 Å². The summed E-state index contributed by atoms with van der Waals surface area (Å²) >= 11 is 0. The zero-order chi connectivity index (χ0) is 59.0. The van der Waals surface area contributed by atoms with Gasteiger partial charge in [-0.15, -0.1) is 0 Å². The maximum atomic E-state index is 13.1. The summed E-state index contributed by atoms with van der Waals surface area (Å²) in [7, 11) is 0. The van der Waals surface area contributed by atoms with Gasteiger partial charge in [0.15, 0.2) is 18.9 Å². The number of aliphatic hydroxyl groups excluding tert-OH is 11. The van der Waals surface area contributed by atoms with E-state index in [0.29, 0.717) is 12.8 Å². The van der Waals surface area contributed by atoms with Crippen LogP contribution in [-0.2, 0) is 33.2 Å². The van der Waals surface area contributed by atoms with Gasteiger partial charge in [-0.3, -0.25) is 4.79 Å². The predicted octanol–water partition coefficient (Wildman–Crippen LogP) is 6.04. The van der Waals surface area contributed by atoms with Crippen LogP contribution in [0.3, 0.4) is 0 Å². The van der Waals surface area contributed by atoms with E-state index in [0.717, 1.165) is 51.4 Å². The lowest BCUT2D eigenvalue weighted by atomic mass is 9.96. The maximum absolute atomic E-state index is 13.1. The lowest BCUT2D eigenvalue weighted by Crippen LogP contribution is -2.66. The topological polar surface area (TPSA) is 307 Å². The Balaban J connectivity index is 1.25. The van der Waals surface area contributed by atoms with Gasteiger partial charge in [-0.25, -0.2) is 0 Å². The van der Waals surface area contributed by atoms with E-state index in [2.05, 4.69) is 60.8 Å². The van der Waals surface area contributed by atoms with Crippen molar-refractivity contribution in [2.75, 3.05) is 26.4 Å². The molecule has 19 nitrogen and oxygen atoms in total. The van der Waals surface area contributed by atoms with E-state index in [-0.39, 0.29) is 18.9 Å². The molecule has 0 radical (unpaired) electrons. The van der Waals surface area contributed by atoms with Crippen molar-refractivity contribution in [2.45, 2.75) is 298 Å². The summed E-state index contributed by atoms with van der Waals surface area (Å²) < 4.78 is 34.0. The third-order valence-electron chi connectivity index (χ3n) is 15.3. The lowest BCUT2D eigenvalue weighted by molar-refractivity contribution is -0.379. The van der Waals surface area contributed by atoms with E-state index >= 15 is 0 Å². The first-order valence-corrected chi connectivity index (χ1v) is 31.0. The Morgan fingerprint density at radius 1 is 0.457 bits per heavy atom. The molecule has 1 amide bonds. The molecule has 17 atom stereocenters. The third-order valence-corrected chi connectivity index (χ3v) is 15.3. The number of aliphatic hydroxyl groups is 11. The fraction of sp³-hybridized carbons (Fsp3) is 0.823. The normalized spacial score (nSPS) is 30.2. The summed E-state index contributed by atoms with van der Waals surface area (Å²) in [5.41, 5.74) is 0. The van der Waals surface area contributed by atoms with Crippen LogP contribution in [0.5, 0.6) is 0 Å². The average Bonchev–Trinajstić information content (AvgIpc) is 3.55. The number of allylic oxidation sites excluding steroid dienone is 9. The van der Waals surface area contributed by atoms with E-state index in [1.165, 1.54) is 109 Å². The standard InChI is InChI=1S/C62H109NO18/c1-3-5-7-8-9-10-11-12-13-14-15-16-17-18-19-20-21-22-23-24-25-26-27-28-29-30-31-32-33-34-35-36-38-40-50(68)63-45(46(67)39-37-6-4-2)44-76-60-56(74)53(71)58(48(42-65)78-60)81-62-57(75)54(72)59(49(43-66)79-62)80-61-55(73)52(70)51(69)47(41-64)77-61/h5,7,9-10,12-13,15-16,37,39,45-49,51-62,64-67,69-75H,3-4,6,8,11,14,17-36,38,40-44H2,1-2H3,(H,63,68)/b7-5-,10-9-,13-12-,16-15-,39-37+. The van der Waals surface area contributed by atoms with E-state index in [9.17, 15) is 61.0 Å². The first kappa shape index (κ1) is 72.7. The molecule has 81 heavy (non-hydrogen) atoms. The molecule has 0 bridgehead atoms. The fourth-order valence-electron chi connectivity index (χ4n) is 10.2. The summed E-state index contributed by atoms with van der Waals surface area (Å²) in [6.45, 7) is 1.36. The largest absolute Gasteiger partial charge is 0.394 e. The van der Waals surface area contributed by atoms with Gasteiger partial charge in [-0.2, -0.15) is 0 Å². The quantitative estimate of drug-likeness (QED) is 0.0244. The number of hydrogen-bond donors (Lipinski definition) is 12. The highest BCUT2D eigenvalue weighted by atomic mass is 16.8. The molecular weight excluding hydrogens is 1050 g/mol. The molecule has 3 heterocycles. The number of amides is 1. The Hall–Kier alpha value is -2.51. The molecular formula is C62H109NO18. The predicted molar refractivity (Wildman–Crippen MR) is 309 cm³/mol. The summed E-state index contributed by atoms with van der Waals surface area (Å²) in [6.07, 6.45) is 26.5. The number of rotatable bonds is 45. The molecule has 3 aliphatic rings. The van der Waals surface area contributed by atoms with Gasteiger partial charge in [-0.05, 0) is 51.4 Å². The van der Waals surface area contributed by atoms with E-state index < -0.39 is 124 Å². The van der Waals surface area contributed by atoms with Crippen molar-refractivity contribution < 1.29 is 89.4 Å². The molecule has 12 N–H and O–H groups in total. The smallest absolute Gasteiger partial charge is 0.220 e. The van der Waals surface area contributed by atoms with Gasteiger partial charge in [0.2, 0.25) is 5.91 Å². The van der Waals surface area contributed by atoms with Gasteiger partial charge in [0.25, 0.3) is 0 Å². The second-order valence-corrected chi connectivity index (χ2v) is 22.1. The first-order chi connectivity index (χ1) is 39.3. The van der Waals surface area contributed by atoms with Crippen LogP contribution >= 0.6 is 0 Å². The minimum absolute atomic E-state index is 0.241. The zero-order valence-electron chi connectivity index (χ0n) is 49.0. The van der Waals surface area contributed by atoms with Gasteiger partial charge in [0, 0.05) is 6.42 Å². The molecule has 470 valence electrons. The minimum Gasteiger partial charge on any atom is -0.394 e. The monoisotopic (exact) mass is 1160 g/mol. The second kappa shape index (κ2) is 44.9. The van der Waals surface area contributed by atoms with Crippen molar-refractivity contribution in [1.82, 2.24) is 5.32 Å². The Labute approximate surface area is 484 Å². The Kier molecular flexibility index (Phi) is 40.3. The zero-order valence-corrected chi connectivity index (χ0v) is 49.0. The highest BCUT2D eigenvalue weighted by Gasteiger charge is 2.53. The third kappa shape index (κ3) is 28.5. The molecule has 3 saturated heterocycles. The van der Waals surface area contributed by atoms with Gasteiger partial charge >= 0.3 is 0 Å². The fourth-order valence-corrected chi connectivity index (χ4v) is 10.2. The number of ether oxygens (including phenoxy) is 6. The SMILES string of the molecule is CC/C=C\C/C=C\C/C=C\C/C=C\CCCCCCCCCCCCCCCCCCCCCCC(=O)NC(COC1OC(CO)C(OC2OC(CO)C(OC3OC(CO)C(O)C(O)C3O)C(O)C2O)C(O)C1O)C(O)/C=C/CCC. The van der Waals surface area contributed by atoms with Crippen LogP contribution in [0.1, 0.15) is 194 Å². The van der Waals surface area contributed by atoms with Crippen LogP contribution in [-0.4, -0.2) is 193 Å². The van der Waals surface area contributed by atoms with Crippen molar-refractivity contribution in [2.24, 2.45) is 0 Å². The summed E-state index contributed by atoms with van der Waals surface area (Å²) in [5, 5.41) is 119. The summed E-state index contributed by atoms with van der Waals surface area (Å²) in [5.74, 6) is -0.288. The van der Waals surface area contributed by atoms with Crippen LogP contribution in [0, 0.1) is 0 Å². The van der Waals surface area contributed by atoms with Gasteiger partial charge in [0.1, 0.15) is 73.2 Å². The molecule has 3 rings (SSSR count). The number of carbonyl (C=O) groups is 1. The van der Waals surface area contributed by atoms with Crippen LogP contribution in [0.2, 0.25) is 0 Å². The van der Waals surface area contributed by atoms with Crippen LogP contribution < -0.4 is 5.32 Å². The molecule has 3 fully saturated rings. The molecule has 0 aromatic carbocycles. The molecule has 0 aliphatic carbocycles. The Morgan fingerprint density at radius 2 is 0.852 bits per heavy atom. The van der Waals surface area contributed by atoms with Gasteiger partial charge < -0.3 is 89.9 Å². The van der Waals surface area contributed by atoms with Gasteiger partial charge in [-0.1, -0.05) is 197 Å². The van der Waals surface area contributed by atoms with Crippen molar-refractivity contribution in [3.8, 4) is 0 Å². The minimum atomic E-state index is -1.98. The molecule has 0 spiro atoms. The van der Waals surface area contributed by atoms with E-state index in [1.54, 1.807) is 12.2 Å². The maximum Gasteiger partial charge on any atom is 0.220 e. The number of carbonyl (C=O) groups excluding carboxylic acids is 1.